The average Bonchev–Trinajstić information content (AvgIpc) is 3.35. The van der Waals surface area contributed by atoms with Gasteiger partial charge in [0.2, 0.25) is 5.91 Å². The van der Waals surface area contributed by atoms with Crippen molar-refractivity contribution in [3.63, 3.8) is 0 Å². The van der Waals surface area contributed by atoms with Crippen LogP contribution in [0.1, 0.15) is 17.7 Å². The van der Waals surface area contributed by atoms with E-state index in [4.69, 9.17) is 9.72 Å². The molecule has 5 nitrogen and oxygen atoms in total. The van der Waals surface area contributed by atoms with Gasteiger partial charge in [0.05, 0.1) is 12.8 Å². The molecule has 0 aliphatic rings. The Kier molecular flexibility index (Phi) is 5.91. The molecule has 0 bridgehead atoms. The van der Waals surface area contributed by atoms with Gasteiger partial charge >= 0.3 is 0 Å². The number of thiazole rings is 1. The summed E-state index contributed by atoms with van der Waals surface area (Å²) in [6, 6.07) is 18.1. The number of aryl methyl sites for hydroxylation is 1. The van der Waals surface area contributed by atoms with E-state index in [1.165, 1.54) is 5.56 Å². The summed E-state index contributed by atoms with van der Waals surface area (Å²) in [6.45, 7) is 0.632. The lowest BCUT2D eigenvalue weighted by Crippen LogP contribution is -2.26. The molecule has 0 saturated heterocycles. The first kappa shape index (κ1) is 19.2. The fraction of sp³-hybridized carbons (Fsp3) is 0.217. The molecule has 0 aliphatic heterocycles. The predicted molar refractivity (Wildman–Crippen MR) is 117 cm³/mol. The minimum absolute atomic E-state index is 0.0706. The average molecular weight is 406 g/mol. The summed E-state index contributed by atoms with van der Waals surface area (Å²) in [6.07, 6.45) is 4.02. The van der Waals surface area contributed by atoms with E-state index in [0.29, 0.717) is 19.4 Å². The van der Waals surface area contributed by atoms with Crippen LogP contribution in [0.3, 0.4) is 0 Å². The lowest BCUT2D eigenvalue weighted by molar-refractivity contribution is -0.121. The summed E-state index contributed by atoms with van der Waals surface area (Å²) in [5.41, 5.74) is 4.36. The molecule has 4 rings (SSSR count). The molecule has 0 radical (unpaired) electrons. The summed E-state index contributed by atoms with van der Waals surface area (Å²) in [4.78, 5) is 17.9. The van der Waals surface area contributed by atoms with Crippen molar-refractivity contribution in [1.29, 1.82) is 0 Å². The molecule has 29 heavy (non-hydrogen) atoms. The highest BCUT2D eigenvalue weighted by Gasteiger charge is 2.11. The van der Waals surface area contributed by atoms with Crippen LogP contribution in [0.25, 0.3) is 16.2 Å². The van der Waals surface area contributed by atoms with Gasteiger partial charge in [0.15, 0.2) is 4.96 Å². The number of nitrogens with one attached hydrogen (secondary N) is 1. The van der Waals surface area contributed by atoms with E-state index in [1.807, 2.05) is 42.5 Å². The van der Waals surface area contributed by atoms with Gasteiger partial charge in [-0.3, -0.25) is 9.20 Å². The Morgan fingerprint density at radius 1 is 1.10 bits per heavy atom. The molecular weight excluding hydrogens is 382 g/mol. The summed E-state index contributed by atoms with van der Waals surface area (Å²) in [5.74, 6) is 0.913. The van der Waals surface area contributed by atoms with Crippen LogP contribution >= 0.6 is 11.3 Å². The zero-order chi connectivity index (χ0) is 20.1. The fourth-order valence-electron chi connectivity index (χ4n) is 3.23. The van der Waals surface area contributed by atoms with Crippen LogP contribution < -0.4 is 10.1 Å². The van der Waals surface area contributed by atoms with Crippen molar-refractivity contribution in [2.75, 3.05) is 13.7 Å². The molecule has 0 saturated carbocycles. The Bertz CT molecular complexity index is 1080. The van der Waals surface area contributed by atoms with E-state index in [9.17, 15) is 4.79 Å². The van der Waals surface area contributed by atoms with Crippen molar-refractivity contribution in [3.05, 3.63) is 77.4 Å². The van der Waals surface area contributed by atoms with E-state index in [1.54, 1.807) is 18.4 Å². The first-order chi connectivity index (χ1) is 14.2. The molecule has 0 aliphatic carbocycles. The van der Waals surface area contributed by atoms with Crippen molar-refractivity contribution >= 4 is 22.2 Å². The summed E-state index contributed by atoms with van der Waals surface area (Å²) in [5, 5.41) is 5.09. The molecule has 2 heterocycles. The van der Waals surface area contributed by atoms with Crippen molar-refractivity contribution in [1.82, 2.24) is 14.7 Å². The van der Waals surface area contributed by atoms with E-state index in [2.05, 4.69) is 33.4 Å². The van der Waals surface area contributed by atoms with Crippen molar-refractivity contribution in [2.45, 2.75) is 19.3 Å². The standard InChI is InChI=1S/C23H23N3O2S/c1-28-20-10-7-17(8-11-20)13-14-24-22(27)12-9-19-16-29-23-25-21(15-26(19)23)18-5-3-2-4-6-18/h2-8,10-11,15-16H,9,12-14H2,1H3,(H,24,27). The van der Waals surface area contributed by atoms with Crippen LogP contribution in [0.15, 0.2) is 66.2 Å². The number of amides is 1. The highest BCUT2D eigenvalue weighted by Crippen LogP contribution is 2.24. The smallest absolute Gasteiger partial charge is 0.220 e. The second-order valence-electron chi connectivity index (χ2n) is 6.82. The van der Waals surface area contributed by atoms with Crippen LogP contribution in [-0.2, 0) is 17.6 Å². The van der Waals surface area contributed by atoms with E-state index in [0.717, 1.165) is 34.1 Å². The molecule has 0 fully saturated rings. The Morgan fingerprint density at radius 2 is 1.90 bits per heavy atom. The summed E-state index contributed by atoms with van der Waals surface area (Å²) < 4.78 is 7.26. The minimum atomic E-state index is 0.0706. The van der Waals surface area contributed by atoms with Gasteiger partial charge in [-0.25, -0.2) is 4.98 Å². The number of ether oxygens (including phenoxy) is 1. The third-order valence-corrected chi connectivity index (χ3v) is 5.74. The predicted octanol–water partition coefficient (Wildman–Crippen LogP) is 4.36. The van der Waals surface area contributed by atoms with Gasteiger partial charge < -0.3 is 10.1 Å². The number of methoxy groups -OCH3 is 1. The van der Waals surface area contributed by atoms with Crippen molar-refractivity contribution < 1.29 is 9.53 Å². The van der Waals surface area contributed by atoms with Crippen molar-refractivity contribution in [3.8, 4) is 17.0 Å². The molecule has 1 amide bonds. The van der Waals surface area contributed by atoms with Gasteiger partial charge in [0, 0.05) is 35.8 Å². The molecule has 0 unspecified atom stereocenters. The first-order valence-corrected chi connectivity index (χ1v) is 10.5. The van der Waals surface area contributed by atoms with Gasteiger partial charge in [-0.2, -0.15) is 0 Å². The molecular formula is C23H23N3O2S. The largest absolute Gasteiger partial charge is 0.497 e. The molecule has 1 N–H and O–H groups in total. The Balaban J connectivity index is 1.29. The number of imidazole rings is 1. The van der Waals surface area contributed by atoms with Gasteiger partial charge in [0.25, 0.3) is 0 Å². The quantitative estimate of drug-likeness (QED) is 0.474. The van der Waals surface area contributed by atoms with Crippen LogP contribution in [0.5, 0.6) is 5.75 Å². The normalized spacial score (nSPS) is 10.9. The zero-order valence-corrected chi connectivity index (χ0v) is 17.1. The number of carbonyl (C=O) groups excluding carboxylic acids is 1. The highest BCUT2D eigenvalue weighted by atomic mass is 32.1. The zero-order valence-electron chi connectivity index (χ0n) is 16.3. The van der Waals surface area contributed by atoms with E-state index < -0.39 is 0 Å². The van der Waals surface area contributed by atoms with E-state index >= 15 is 0 Å². The van der Waals surface area contributed by atoms with Crippen molar-refractivity contribution in [2.24, 2.45) is 0 Å². The maximum absolute atomic E-state index is 12.2. The van der Waals surface area contributed by atoms with Gasteiger partial charge in [0.1, 0.15) is 5.75 Å². The minimum Gasteiger partial charge on any atom is -0.497 e. The van der Waals surface area contributed by atoms with Gasteiger partial charge in [-0.1, -0.05) is 42.5 Å². The number of carbonyl (C=O) groups is 1. The molecule has 148 valence electrons. The first-order valence-electron chi connectivity index (χ1n) is 9.63. The molecule has 2 aromatic heterocycles. The Labute approximate surface area is 174 Å². The number of fused-ring (bicyclic) bond motifs is 1. The maximum Gasteiger partial charge on any atom is 0.220 e. The van der Waals surface area contributed by atoms with Crippen LogP contribution in [0.2, 0.25) is 0 Å². The molecule has 0 spiro atoms. The molecule has 2 aromatic carbocycles. The number of benzene rings is 2. The Hall–Kier alpha value is -3.12. The maximum atomic E-state index is 12.2. The fourth-order valence-corrected chi connectivity index (χ4v) is 4.13. The topological polar surface area (TPSA) is 55.6 Å². The SMILES string of the molecule is COc1ccc(CCNC(=O)CCc2csc3nc(-c4ccccc4)cn23)cc1. The molecule has 0 atom stereocenters. The summed E-state index contributed by atoms with van der Waals surface area (Å²) in [7, 11) is 1.66. The number of hydrogen-bond acceptors (Lipinski definition) is 4. The summed E-state index contributed by atoms with van der Waals surface area (Å²) >= 11 is 1.61. The molecule has 6 heteroatoms. The number of rotatable bonds is 8. The second-order valence-corrected chi connectivity index (χ2v) is 7.66. The Morgan fingerprint density at radius 3 is 2.66 bits per heavy atom. The lowest BCUT2D eigenvalue weighted by atomic mass is 10.1. The van der Waals surface area contributed by atoms with Gasteiger partial charge in [-0.05, 0) is 30.5 Å². The van der Waals surface area contributed by atoms with Crippen LogP contribution in [-0.4, -0.2) is 28.9 Å². The van der Waals surface area contributed by atoms with Gasteiger partial charge in [-0.15, -0.1) is 11.3 Å². The molecule has 4 aromatic rings. The third-order valence-electron chi connectivity index (χ3n) is 4.86. The monoisotopic (exact) mass is 405 g/mol. The van der Waals surface area contributed by atoms with Crippen LogP contribution in [0, 0.1) is 0 Å². The third kappa shape index (κ3) is 4.66. The second kappa shape index (κ2) is 8.92. The van der Waals surface area contributed by atoms with E-state index in [-0.39, 0.29) is 5.91 Å². The number of hydrogen-bond donors (Lipinski definition) is 1. The number of aromatic nitrogens is 2. The number of nitrogens with zero attached hydrogens (tertiary/aromatic N) is 2. The lowest BCUT2D eigenvalue weighted by Gasteiger charge is -2.06. The highest BCUT2D eigenvalue weighted by molar-refractivity contribution is 7.15. The van der Waals surface area contributed by atoms with Crippen LogP contribution in [0.4, 0.5) is 0 Å².